The van der Waals surface area contributed by atoms with E-state index in [1.54, 1.807) is 0 Å². The highest BCUT2D eigenvalue weighted by molar-refractivity contribution is 5.53. The smallest absolute Gasteiger partial charge is 0.0449 e. The lowest BCUT2D eigenvalue weighted by Gasteiger charge is -2.30. The van der Waals surface area contributed by atoms with Crippen LogP contribution in [-0.2, 0) is 0 Å². The van der Waals surface area contributed by atoms with Gasteiger partial charge in [-0.25, -0.2) is 0 Å². The normalized spacial score (nSPS) is 25.5. The molecular weight excluding hydrogens is 184 g/mol. The average Bonchev–Trinajstić information content (AvgIpc) is 2.64. The van der Waals surface area contributed by atoms with Crippen LogP contribution in [0.15, 0.2) is 24.3 Å². The van der Waals surface area contributed by atoms with Crippen LogP contribution in [0.5, 0.6) is 0 Å². The predicted octanol–water partition coefficient (Wildman–Crippen LogP) is 2.04. The van der Waals surface area contributed by atoms with Crippen LogP contribution in [0.1, 0.15) is 12.5 Å². The summed E-state index contributed by atoms with van der Waals surface area (Å²) in [6.07, 6.45) is 0. The van der Waals surface area contributed by atoms with E-state index in [1.807, 2.05) is 0 Å². The summed E-state index contributed by atoms with van der Waals surface area (Å²) >= 11 is 0. The first-order chi connectivity index (χ1) is 7.20. The van der Waals surface area contributed by atoms with Gasteiger partial charge < -0.3 is 10.2 Å². The topological polar surface area (TPSA) is 15.3 Å². The molecular formula is C13H20N2. The van der Waals surface area contributed by atoms with Crippen LogP contribution >= 0.6 is 0 Å². The van der Waals surface area contributed by atoms with Gasteiger partial charge in [0.05, 0.1) is 0 Å². The van der Waals surface area contributed by atoms with Crippen molar-refractivity contribution < 1.29 is 0 Å². The zero-order valence-electron chi connectivity index (χ0n) is 9.83. The lowest BCUT2D eigenvalue weighted by molar-refractivity contribution is 0.539. The van der Waals surface area contributed by atoms with E-state index in [0.29, 0.717) is 6.04 Å². The van der Waals surface area contributed by atoms with E-state index in [2.05, 4.69) is 55.4 Å². The number of hydrogen-bond acceptors (Lipinski definition) is 2. The molecule has 1 aromatic carbocycles. The van der Waals surface area contributed by atoms with Crippen molar-refractivity contribution in [1.29, 1.82) is 0 Å². The Kier molecular flexibility index (Phi) is 2.96. The number of likely N-dealkylation sites (N-methyl/N-ethyl adjacent to an activating group) is 1. The molecule has 1 fully saturated rings. The van der Waals surface area contributed by atoms with Gasteiger partial charge in [0.2, 0.25) is 0 Å². The summed E-state index contributed by atoms with van der Waals surface area (Å²) < 4.78 is 0. The van der Waals surface area contributed by atoms with Crippen molar-refractivity contribution in [3.05, 3.63) is 29.8 Å². The minimum absolute atomic E-state index is 0.631. The van der Waals surface area contributed by atoms with Gasteiger partial charge in [-0.2, -0.15) is 0 Å². The van der Waals surface area contributed by atoms with E-state index in [1.165, 1.54) is 11.3 Å². The van der Waals surface area contributed by atoms with Gasteiger partial charge in [0.15, 0.2) is 0 Å². The van der Waals surface area contributed by atoms with E-state index < -0.39 is 0 Å². The molecule has 0 aromatic heterocycles. The van der Waals surface area contributed by atoms with E-state index in [4.69, 9.17) is 0 Å². The number of aryl methyl sites for hydroxylation is 1. The van der Waals surface area contributed by atoms with Gasteiger partial charge in [-0.05, 0) is 31.0 Å². The lowest BCUT2D eigenvalue weighted by Crippen LogP contribution is -2.37. The second-order valence-corrected chi connectivity index (χ2v) is 4.60. The van der Waals surface area contributed by atoms with Gasteiger partial charge in [-0.15, -0.1) is 0 Å². The average molecular weight is 204 g/mol. The number of nitrogens with one attached hydrogen (secondary N) is 1. The van der Waals surface area contributed by atoms with Crippen molar-refractivity contribution in [2.24, 2.45) is 5.92 Å². The van der Waals surface area contributed by atoms with Gasteiger partial charge in [0, 0.05) is 25.3 Å². The van der Waals surface area contributed by atoms with Gasteiger partial charge in [0.1, 0.15) is 0 Å². The van der Waals surface area contributed by atoms with Gasteiger partial charge in [0.25, 0.3) is 0 Å². The number of para-hydroxylation sites is 1. The number of anilines is 1. The van der Waals surface area contributed by atoms with Gasteiger partial charge >= 0.3 is 0 Å². The number of hydrogen-bond donors (Lipinski definition) is 1. The van der Waals surface area contributed by atoms with E-state index >= 15 is 0 Å². The molecule has 82 valence electrons. The minimum Gasteiger partial charge on any atom is -0.370 e. The lowest BCUT2D eigenvalue weighted by atomic mass is 10.0. The first-order valence-electron chi connectivity index (χ1n) is 5.69. The van der Waals surface area contributed by atoms with Crippen LogP contribution in [0, 0.1) is 12.8 Å². The molecule has 0 bridgehead atoms. The molecule has 15 heavy (non-hydrogen) atoms. The molecule has 0 aliphatic carbocycles. The Morgan fingerprint density at radius 3 is 2.60 bits per heavy atom. The zero-order chi connectivity index (χ0) is 10.8. The number of nitrogens with zero attached hydrogens (tertiary/aromatic N) is 1. The Hall–Kier alpha value is -1.02. The second kappa shape index (κ2) is 4.23. The van der Waals surface area contributed by atoms with Crippen molar-refractivity contribution >= 4 is 5.69 Å². The summed E-state index contributed by atoms with van der Waals surface area (Å²) in [5.41, 5.74) is 2.72. The minimum atomic E-state index is 0.631. The van der Waals surface area contributed by atoms with E-state index in [9.17, 15) is 0 Å². The molecule has 1 aliphatic heterocycles. The Morgan fingerprint density at radius 1 is 1.27 bits per heavy atom. The van der Waals surface area contributed by atoms with Crippen LogP contribution in [0.25, 0.3) is 0 Å². The largest absolute Gasteiger partial charge is 0.370 e. The third kappa shape index (κ3) is 2.00. The van der Waals surface area contributed by atoms with Gasteiger partial charge in [-0.3, -0.25) is 0 Å². The van der Waals surface area contributed by atoms with Crippen LogP contribution < -0.4 is 10.2 Å². The third-order valence-electron chi connectivity index (χ3n) is 3.47. The summed E-state index contributed by atoms with van der Waals surface area (Å²) in [7, 11) is 2.20. The second-order valence-electron chi connectivity index (χ2n) is 4.60. The Balaban J connectivity index is 2.20. The molecule has 1 aromatic rings. The maximum atomic E-state index is 3.45. The predicted molar refractivity (Wildman–Crippen MR) is 65.4 cm³/mol. The first kappa shape index (κ1) is 10.5. The molecule has 1 N–H and O–H groups in total. The molecule has 0 spiro atoms. The van der Waals surface area contributed by atoms with Crippen molar-refractivity contribution in [3.63, 3.8) is 0 Å². The Morgan fingerprint density at radius 2 is 2.00 bits per heavy atom. The highest BCUT2D eigenvalue weighted by atomic mass is 15.2. The molecule has 2 nitrogen and oxygen atoms in total. The molecule has 1 saturated heterocycles. The SMILES string of the molecule is Cc1ccccc1N(C)C1CNCC1C. The summed E-state index contributed by atoms with van der Waals surface area (Å²) in [4.78, 5) is 2.42. The van der Waals surface area contributed by atoms with Crippen molar-refractivity contribution in [2.45, 2.75) is 19.9 Å². The maximum Gasteiger partial charge on any atom is 0.0449 e. The molecule has 0 radical (unpaired) electrons. The number of benzene rings is 1. The zero-order valence-corrected chi connectivity index (χ0v) is 9.83. The highest BCUT2D eigenvalue weighted by Crippen LogP contribution is 2.24. The van der Waals surface area contributed by atoms with E-state index in [-0.39, 0.29) is 0 Å². The van der Waals surface area contributed by atoms with Crippen LogP contribution in [-0.4, -0.2) is 26.2 Å². The molecule has 0 amide bonds. The molecule has 1 heterocycles. The van der Waals surface area contributed by atoms with Crippen LogP contribution in [0.4, 0.5) is 5.69 Å². The number of rotatable bonds is 2. The fourth-order valence-electron chi connectivity index (χ4n) is 2.45. The van der Waals surface area contributed by atoms with Crippen LogP contribution in [0.2, 0.25) is 0 Å². The molecule has 0 saturated carbocycles. The summed E-state index contributed by atoms with van der Waals surface area (Å²) in [6.45, 7) is 6.74. The first-order valence-corrected chi connectivity index (χ1v) is 5.69. The summed E-state index contributed by atoms with van der Waals surface area (Å²) in [5.74, 6) is 0.731. The molecule has 2 heteroatoms. The van der Waals surface area contributed by atoms with Crippen molar-refractivity contribution in [1.82, 2.24) is 5.32 Å². The maximum absolute atomic E-state index is 3.45. The molecule has 2 atom stereocenters. The molecule has 2 unspecified atom stereocenters. The highest BCUT2D eigenvalue weighted by Gasteiger charge is 2.27. The van der Waals surface area contributed by atoms with Crippen molar-refractivity contribution in [2.75, 3.05) is 25.0 Å². The fourth-order valence-corrected chi connectivity index (χ4v) is 2.45. The summed E-state index contributed by atoms with van der Waals surface area (Å²) in [6, 6.07) is 9.24. The molecule has 2 rings (SSSR count). The van der Waals surface area contributed by atoms with Crippen molar-refractivity contribution in [3.8, 4) is 0 Å². The molecule has 1 aliphatic rings. The summed E-state index contributed by atoms with van der Waals surface area (Å²) in [5, 5.41) is 3.45. The van der Waals surface area contributed by atoms with E-state index in [0.717, 1.165) is 19.0 Å². The Labute approximate surface area is 92.3 Å². The standard InChI is InChI=1S/C13H20N2/c1-10-6-4-5-7-12(10)15(3)13-9-14-8-11(13)2/h4-7,11,13-14H,8-9H2,1-3H3. The van der Waals surface area contributed by atoms with Crippen LogP contribution in [0.3, 0.4) is 0 Å². The monoisotopic (exact) mass is 204 g/mol. The van der Waals surface area contributed by atoms with Gasteiger partial charge in [-0.1, -0.05) is 25.1 Å². The Bertz CT molecular complexity index is 335. The third-order valence-corrected chi connectivity index (χ3v) is 3.47. The fraction of sp³-hybridized carbons (Fsp3) is 0.538. The quantitative estimate of drug-likeness (QED) is 0.793.